The Morgan fingerprint density at radius 3 is 2.69 bits per heavy atom. The fourth-order valence-electron chi connectivity index (χ4n) is 4.01. The van der Waals surface area contributed by atoms with E-state index in [1.165, 1.54) is 19.2 Å². The molecule has 2 heterocycles. The zero-order valence-corrected chi connectivity index (χ0v) is 21.0. The normalized spacial score (nSPS) is 18.9. The molecule has 1 saturated heterocycles. The van der Waals surface area contributed by atoms with Crippen LogP contribution < -0.4 is 14.8 Å². The lowest BCUT2D eigenvalue weighted by atomic mass is 10.1. The first-order chi connectivity index (χ1) is 17.0. The van der Waals surface area contributed by atoms with Gasteiger partial charge in [-0.15, -0.1) is 0 Å². The number of methoxy groups -OCH3 is 1. The van der Waals surface area contributed by atoms with Gasteiger partial charge in [0.2, 0.25) is 0 Å². The summed E-state index contributed by atoms with van der Waals surface area (Å²) < 4.78 is 71.2. The molecule has 3 aromatic rings. The summed E-state index contributed by atoms with van der Waals surface area (Å²) in [6.07, 6.45) is -4.79. The molecule has 1 aromatic heterocycles. The van der Waals surface area contributed by atoms with E-state index in [1.54, 1.807) is 19.1 Å². The maximum Gasteiger partial charge on any atom is 0.419 e. The molecule has 7 nitrogen and oxygen atoms in total. The third-order valence-electron chi connectivity index (χ3n) is 5.76. The molecule has 1 fully saturated rings. The Morgan fingerprint density at radius 2 is 2.00 bits per heavy atom. The van der Waals surface area contributed by atoms with Gasteiger partial charge in [-0.2, -0.15) is 13.2 Å². The van der Waals surface area contributed by atoms with Crippen LogP contribution >= 0.6 is 0 Å². The van der Waals surface area contributed by atoms with Gasteiger partial charge >= 0.3 is 6.18 Å². The Kier molecular flexibility index (Phi) is 7.39. The van der Waals surface area contributed by atoms with Crippen molar-refractivity contribution in [1.29, 1.82) is 0 Å². The standard InChI is InChI=1S/C24H25F4N4O3Si/c1-14-30-18-10-19(33-3)20(34-13-23(36)12-32(2)7-8-35-23)9-16(18)22(31-14)29-11-15-5-4-6-17(21(15)25)24(26,27)28/h4-6,9-10H,7-8,11-13H2,1-3H3,(H,29,30,31)/t23-/m0/s1. The average molecular weight is 522 g/mol. The predicted molar refractivity (Wildman–Crippen MR) is 127 cm³/mol. The van der Waals surface area contributed by atoms with Crippen LogP contribution in [0.1, 0.15) is 17.0 Å². The molecule has 1 N–H and O–H groups in total. The Morgan fingerprint density at radius 1 is 1.22 bits per heavy atom. The summed E-state index contributed by atoms with van der Waals surface area (Å²) in [5, 5.41) is 2.78. The number of nitrogens with zero attached hydrogens (tertiary/aromatic N) is 3. The molecule has 1 aliphatic rings. The van der Waals surface area contributed by atoms with Crippen LogP contribution in [0.3, 0.4) is 0 Å². The first-order valence-corrected chi connectivity index (χ1v) is 11.6. The van der Waals surface area contributed by atoms with Crippen LogP contribution in [-0.4, -0.2) is 70.8 Å². The van der Waals surface area contributed by atoms with Crippen molar-refractivity contribution in [2.45, 2.75) is 24.9 Å². The second kappa shape index (κ2) is 10.2. The number of nitrogens with one attached hydrogen (secondary N) is 1. The first kappa shape index (κ1) is 26.1. The Balaban J connectivity index is 1.63. The fraction of sp³-hybridized carbons (Fsp3) is 0.417. The zero-order valence-electron chi connectivity index (χ0n) is 20.0. The number of aromatic nitrogens is 2. The number of anilines is 1. The second-order valence-corrected chi connectivity index (χ2v) is 9.55. The number of alkyl halides is 3. The summed E-state index contributed by atoms with van der Waals surface area (Å²) in [7, 11) is 7.16. The monoisotopic (exact) mass is 521 g/mol. The van der Waals surface area contributed by atoms with Crippen LogP contribution in [0.2, 0.25) is 0 Å². The summed E-state index contributed by atoms with van der Waals surface area (Å²) in [5.74, 6) is 0.264. The number of fused-ring (bicyclic) bond motifs is 1. The average Bonchev–Trinajstić information content (AvgIpc) is 2.80. The lowest BCUT2D eigenvalue weighted by molar-refractivity contribution is -0.140. The van der Waals surface area contributed by atoms with Crippen molar-refractivity contribution in [2.24, 2.45) is 0 Å². The van der Waals surface area contributed by atoms with Crippen LogP contribution in [0.5, 0.6) is 11.5 Å². The van der Waals surface area contributed by atoms with Crippen LogP contribution in [0.4, 0.5) is 23.4 Å². The number of benzene rings is 2. The van der Waals surface area contributed by atoms with E-state index < -0.39 is 22.8 Å². The highest BCUT2D eigenvalue weighted by Gasteiger charge is 2.35. The van der Waals surface area contributed by atoms with Crippen LogP contribution in [0, 0.1) is 12.7 Å². The van der Waals surface area contributed by atoms with Gasteiger partial charge in [-0.05, 0) is 26.1 Å². The van der Waals surface area contributed by atoms with Gasteiger partial charge in [0.1, 0.15) is 24.1 Å². The highest BCUT2D eigenvalue weighted by atomic mass is 28.1. The van der Waals surface area contributed by atoms with E-state index in [0.29, 0.717) is 53.3 Å². The molecule has 2 aromatic carbocycles. The third-order valence-corrected chi connectivity index (χ3v) is 6.21. The molecule has 4 rings (SSSR count). The fourth-order valence-corrected chi connectivity index (χ4v) is 4.46. The lowest BCUT2D eigenvalue weighted by Crippen LogP contribution is -2.54. The van der Waals surface area contributed by atoms with Crippen molar-refractivity contribution in [3.05, 3.63) is 53.1 Å². The number of morpholine rings is 1. The summed E-state index contributed by atoms with van der Waals surface area (Å²) in [6, 6.07) is 6.54. The van der Waals surface area contributed by atoms with Gasteiger partial charge < -0.3 is 24.4 Å². The van der Waals surface area contributed by atoms with Gasteiger partial charge in [-0.25, -0.2) is 14.4 Å². The number of halogens is 4. The Labute approximate surface area is 209 Å². The van der Waals surface area contributed by atoms with Crippen molar-refractivity contribution >= 4 is 27.0 Å². The van der Waals surface area contributed by atoms with Crippen LogP contribution in [0.15, 0.2) is 30.3 Å². The first-order valence-electron chi connectivity index (χ1n) is 11.1. The van der Waals surface area contributed by atoms with Gasteiger partial charge in [0.25, 0.3) is 0 Å². The number of hydrogen-bond donors (Lipinski definition) is 1. The molecule has 191 valence electrons. The van der Waals surface area contributed by atoms with Crippen molar-refractivity contribution in [3.63, 3.8) is 0 Å². The summed E-state index contributed by atoms with van der Waals surface area (Å²) in [4.78, 5) is 10.9. The zero-order chi connectivity index (χ0) is 26.1. The Bertz CT molecular complexity index is 1260. The number of likely N-dealkylation sites (N-methyl/N-ethyl adjacent to an activating group) is 1. The van der Waals surface area contributed by atoms with Crippen molar-refractivity contribution in [3.8, 4) is 11.5 Å². The summed E-state index contributed by atoms with van der Waals surface area (Å²) in [5.41, 5.74) is -0.927. The van der Waals surface area contributed by atoms with Crippen molar-refractivity contribution < 1.29 is 31.8 Å². The minimum atomic E-state index is -4.79. The highest BCUT2D eigenvalue weighted by Crippen LogP contribution is 2.36. The lowest BCUT2D eigenvalue weighted by Gasteiger charge is -2.38. The molecule has 0 spiro atoms. The van der Waals surface area contributed by atoms with E-state index in [-0.39, 0.29) is 18.7 Å². The summed E-state index contributed by atoms with van der Waals surface area (Å²) in [6.45, 7) is 3.61. The predicted octanol–water partition coefficient (Wildman–Crippen LogP) is 3.92. The number of aryl methyl sites for hydroxylation is 1. The van der Waals surface area contributed by atoms with E-state index in [0.717, 1.165) is 6.54 Å². The quantitative estimate of drug-likeness (QED) is 0.373. The molecule has 0 aliphatic carbocycles. The maximum atomic E-state index is 14.5. The molecule has 0 bridgehead atoms. The van der Waals surface area contributed by atoms with E-state index in [2.05, 4.69) is 30.4 Å². The van der Waals surface area contributed by atoms with Gasteiger partial charge in [0.15, 0.2) is 11.5 Å². The minimum Gasteiger partial charge on any atom is -0.493 e. The minimum absolute atomic E-state index is 0.140. The van der Waals surface area contributed by atoms with Gasteiger partial charge in [-0.1, -0.05) is 12.1 Å². The number of hydrogen-bond acceptors (Lipinski definition) is 7. The molecule has 12 heteroatoms. The second-order valence-electron chi connectivity index (χ2n) is 8.64. The number of rotatable bonds is 7. The van der Waals surface area contributed by atoms with Crippen LogP contribution in [0.25, 0.3) is 10.9 Å². The SMILES string of the molecule is COc1cc2nc(C)nc(NCc3cccc(C(F)(F)F)c3F)c2cc1OC[C@@]1([Si])CN(C)CCO1. The Hall–Kier alpha value is -2.96. The van der Waals surface area contributed by atoms with Gasteiger partial charge in [-0.3, -0.25) is 0 Å². The number of ether oxygens (including phenoxy) is 3. The van der Waals surface area contributed by atoms with Crippen molar-refractivity contribution in [1.82, 2.24) is 14.9 Å². The molecule has 0 unspecified atom stereocenters. The van der Waals surface area contributed by atoms with Gasteiger partial charge in [0.05, 0.1) is 40.3 Å². The molecule has 36 heavy (non-hydrogen) atoms. The van der Waals surface area contributed by atoms with E-state index >= 15 is 0 Å². The molecular weight excluding hydrogens is 496 g/mol. The smallest absolute Gasteiger partial charge is 0.419 e. The highest BCUT2D eigenvalue weighted by molar-refractivity contribution is 6.15. The largest absolute Gasteiger partial charge is 0.493 e. The van der Waals surface area contributed by atoms with E-state index in [1.807, 2.05) is 7.05 Å². The van der Waals surface area contributed by atoms with Crippen LogP contribution in [-0.2, 0) is 17.5 Å². The summed E-state index contributed by atoms with van der Waals surface area (Å²) >= 11 is 0. The molecule has 0 saturated carbocycles. The molecule has 0 amide bonds. The molecule has 1 aliphatic heterocycles. The molecule has 3 radical (unpaired) electrons. The molecule has 1 atom stereocenters. The van der Waals surface area contributed by atoms with Crippen molar-refractivity contribution in [2.75, 3.05) is 45.8 Å². The van der Waals surface area contributed by atoms with E-state index in [9.17, 15) is 17.6 Å². The van der Waals surface area contributed by atoms with Gasteiger partial charge in [0, 0.05) is 36.7 Å². The third kappa shape index (κ3) is 5.71. The molecular formula is C24H25F4N4O3Si. The maximum absolute atomic E-state index is 14.5. The topological polar surface area (TPSA) is 68.7 Å². The van der Waals surface area contributed by atoms with E-state index in [4.69, 9.17) is 14.2 Å².